The van der Waals surface area contributed by atoms with Crippen molar-refractivity contribution >= 4 is 17.5 Å². The second-order valence-electron chi connectivity index (χ2n) is 4.75. The maximum Gasteiger partial charge on any atom is 0.220 e. The number of unbranched alkanes of at least 4 members (excludes halogenated alkanes) is 1. The van der Waals surface area contributed by atoms with Crippen LogP contribution in [0.2, 0.25) is 0 Å². The van der Waals surface area contributed by atoms with Crippen LogP contribution in [0.5, 0.6) is 0 Å². The molecule has 1 fully saturated rings. The number of nitrogens with zero attached hydrogens (tertiary/aromatic N) is 1. The van der Waals surface area contributed by atoms with E-state index >= 15 is 0 Å². The summed E-state index contributed by atoms with van der Waals surface area (Å²) in [4.78, 5) is 13.9. The molecule has 100 valence electrons. The molecule has 0 radical (unpaired) electrons. The number of amides is 1. The van der Waals surface area contributed by atoms with Crippen LogP contribution in [0.1, 0.15) is 44.9 Å². The van der Waals surface area contributed by atoms with Gasteiger partial charge in [0.05, 0.1) is 0 Å². The highest BCUT2D eigenvalue weighted by atomic mass is 35.5. The van der Waals surface area contributed by atoms with Crippen LogP contribution in [-0.2, 0) is 4.79 Å². The Kier molecular flexibility index (Phi) is 8.45. The first kappa shape index (κ1) is 14.8. The summed E-state index contributed by atoms with van der Waals surface area (Å²) in [6, 6.07) is 0. The number of likely N-dealkylation sites (tertiary alicyclic amines) is 1. The number of rotatable bonds is 7. The Labute approximate surface area is 110 Å². The molecule has 0 aromatic carbocycles. The average molecular weight is 261 g/mol. The summed E-state index contributed by atoms with van der Waals surface area (Å²) < 4.78 is 0. The standard InChI is InChI=1S/C13H25ClN2O/c14-8-4-3-7-13(17)15-9-12-16-10-5-1-2-6-11-16/h1-12H2,(H,15,17). The number of hydrogen-bond donors (Lipinski definition) is 1. The van der Waals surface area contributed by atoms with Gasteiger partial charge < -0.3 is 10.2 Å². The Bertz CT molecular complexity index is 204. The lowest BCUT2D eigenvalue weighted by Crippen LogP contribution is -2.35. The lowest BCUT2D eigenvalue weighted by atomic mass is 10.2. The molecule has 1 N–H and O–H groups in total. The zero-order chi connectivity index (χ0) is 12.3. The molecule has 1 saturated heterocycles. The van der Waals surface area contributed by atoms with Crippen molar-refractivity contribution in [2.75, 3.05) is 32.1 Å². The molecule has 3 nitrogen and oxygen atoms in total. The minimum absolute atomic E-state index is 0.171. The Morgan fingerprint density at radius 3 is 2.47 bits per heavy atom. The highest BCUT2D eigenvalue weighted by Crippen LogP contribution is 2.08. The van der Waals surface area contributed by atoms with E-state index in [1.807, 2.05) is 0 Å². The molecule has 1 amide bonds. The number of alkyl halides is 1. The first-order chi connectivity index (χ1) is 8.33. The fraction of sp³-hybridized carbons (Fsp3) is 0.923. The predicted octanol–water partition coefficient (Wildman–Crippen LogP) is 2.39. The van der Waals surface area contributed by atoms with E-state index in [0.717, 1.165) is 25.9 Å². The molecule has 0 atom stereocenters. The van der Waals surface area contributed by atoms with Crippen molar-refractivity contribution < 1.29 is 4.79 Å². The quantitative estimate of drug-likeness (QED) is 0.563. The lowest BCUT2D eigenvalue weighted by molar-refractivity contribution is -0.121. The minimum atomic E-state index is 0.171. The molecule has 1 rings (SSSR count). The normalized spacial score (nSPS) is 17.7. The Morgan fingerprint density at radius 1 is 1.12 bits per heavy atom. The zero-order valence-corrected chi connectivity index (χ0v) is 11.5. The lowest BCUT2D eigenvalue weighted by Gasteiger charge is -2.19. The number of hydrogen-bond acceptors (Lipinski definition) is 2. The summed E-state index contributed by atoms with van der Waals surface area (Å²) in [5.41, 5.74) is 0. The van der Waals surface area contributed by atoms with E-state index in [4.69, 9.17) is 11.6 Å². The maximum atomic E-state index is 11.5. The van der Waals surface area contributed by atoms with Crippen LogP contribution < -0.4 is 5.32 Å². The van der Waals surface area contributed by atoms with Gasteiger partial charge in [0.15, 0.2) is 0 Å². The van der Waals surface area contributed by atoms with E-state index in [1.54, 1.807) is 0 Å². The van der Waals surface area contributed by atoms with Crippen LogP contribution in [0, 0.1) is 0 Å². The van der Waals surface area contributed by atoms with Crippen LogP contribution in [0.25, 0.3) is 0 Å². The molecule has 0 bridgehead atoms. The van der Waals surface area contributed by atoms with Crippen LogP contribution in [-0.4, -0.2) is 42.9 Å². The molecule has 0 aromatic heterocycles. The molecule has 0 unspecified atom stereocenters. The van der Waals surface area contributed by atoms with Gasteiger partial charge in [-0.1, -0.05) is 12.8 Å². The maximum absolute atomic E-state index is 11.5. The second kappa shape index (κ2) is 9.72. The van der Waals surface area contributed by atoms with Crippen LogP contribution >= 0.6 is 11.6 Å². The third-order valence-electron chi connectivity index (χ3n) is 3.24. The highest BCUT2D eigenvalue weighted by molar-refractivity contribution is 6.17. The summed E-state index contributed by atoms with van der Waals surface area (Å²) in [6.07, 6.45) is 7.79. The van der Waals surface area contributed by atoms with Gasteiger partial charge in [-0.15, -0.1) is 11.6 Å². The topological polar surface area (TPSA) is 32.3 Å². The van der Waals surface area contributed by atoms with Gasteiger partial charge in [-0.2, -0.15) is 0 Å². The first-order valence-electron chi connectivity index (χ1n) is 6.88. The monoisotopic (exact) mass is 260 g/mol. The Hall–Kier alpha value is -0.280. The molecule has 0 aliphatic carbocycles. The number of nitrogens with one attached hydrogen (secondary N) is 1. The molecule has 1 aliphatic rings. The van der Waals surface area contributed by atoms with Gasteiger partial charge in [0.25, 0.3) is 0 Å². The highest BCUT2D eigenvalue weighted by Gasteiger charge is 2.08. The molecule has 0 spiro atoms. The van der Waals surface area contributed by atoms with E-state index in [1.165, 1.54) is 38.8 Å². The van der Waals surface area contributed by atoms with Gasteiger partial charge in [-0.3, -0.25) is 4.79 Å². The van der Waals surface area contributed by atoms with Crippen molar-refractivity contribution in [3.63, 3.8) is 0 Å². The molecule has 0 aromatic rings. The van der Waals surface area contributed by atoms with Crippen LogP contribution in [0.3, 0.4) is 0 Å². The van der Waals surface area contributed by atoms with Crippen LogP contribution in [0.4, 0.5) is 0 Å². The molecule has 4 heteroatoms. The first-order valence-corrected chi connectivity index (χ1v) is 7.41. The number of carbonyl (C=O) groups is 1. The smallest absolute Gasteiger partial charge is 0.220 e. The largest absolute Gasteiger partial charge is 0.355 e. The molecule has 17 heavy (non-hydrogen) atoms. The number of halogens is 1. The third kappa shape index (κ3) is 7.61. The van der Waals surface area contributed by atoms with Crippen molar-refractivity contribution in [3.05, 3.63) is 0 Å². The fourth-order valence-corrected chi connectivity index (χ4v) is 2.37. The predicted molar refractivity (Wildman–Crippen MR) is 72.5 cm³/mol. The molecule has 1 aliphatic heterocycles. The number of carbonyl (C=O) groups excluding carboxylic acids is 1. The van der Waals surface area contributed by atoms with Gasteiger partial charge in [-0.05, 0) is 38.8 Å². The van der Waals surface area contributed by atoms with Crippen molar-refractivity contribution in [1.29, 1.82) is 0 Å². The third-order valence-corrected chi connectivity index (χ3v) is 3.50. The zero-order valence-electron chi connectivity index (χ0n) is 10.7. The van der Waals surface area contributed by atoms with E-state index in [9.17, 15) is 4.79 Å². The van der Waals surface area contributed by atoms with Gasteiger partial charge >= 0.3 is 0 Å². The van der Waals surface area contributed by atoms with Gasteiger partial charge in [-0.25, -0.2) is 0 Å². The van der Waals surface area contributed by atoms with E-state index in [2.05, 4.69) is 10.2 Å². The SMILES string of the molecule is O=C(CCCCCl)NCCN1CCCCCC1. The Balaban J connectivity index is 1.99. The van der Waals surface area contributed by atoms with Gasteiger partial charge in [0, 0.05) is 25.4 Å². The summed E-state index contributed by atoms with van der Waals surface area (Å²) in [7, 11) is 0. The van der Waals surface area contributed by atoms with E-state index in [0.29, 0.717) is 12.3 Å². The van der Waals surface area contributed by atoms with E-state index in [-0.39, 0.29) is 5.91 Å². The van der Waals surface area contributed by atoms with E-state index < -0.39 is 0 Å². The summed E-state index contributed by atoms with van der Waals surface area (Å²) in [6.45, 7) is 4.19. The van der Waals surface area contributed by atoms with Crippen molar-refractivity contribution in [2.45, 2.75) is 44.9 Å². The second-order valence-corrected chi connectivity index (χ2v) is 5.13. The molecule has 0 saturated carbocycles. The van der Waals surface area contributed by atoms with Gasteiger partial charge in [0.2, 0.25) is 5.91 Å². The van der Waals surface area contributed by atoms with Gasteiger partial charge in [0.1, 0.15) is 0 Å². The van der Waals surface area contributed by atoms with Crippen LogP contribution in [0.15, 0.2) is 0 Å². The van der Waals surface area contributed by atoms with Crippen molar-refractivity contribution in [3.8, 4) is 0 Å². The molecular formula is C13H25ClN2O. The average Bonchev–Trinajstić information content (AvgIpc) is 2.58. The summed E-state index contributed by atoms with van der Waals surface area (Å²) >= 11 is 5.57. The van der Waals surface area contributed by atoms with Crippen molar-refractivity contribution in [1.82, 2.24) is 10.2 Å². The fourth-order valence-electron chi connectivity index (χ4n) is 2.18. The minimum Gasteiger partial charge on any atom is -0.355 e. The summed E-state index contributed by atoms with van der Waals surface area (Å²) in [5, 5.41) is 2.99. The molecule has 1 heterocycles. The Morgan fingerprint density at radius 2 is 1.82 bits per heavy atom. The molecular weight excluding hydrogens is 236 g/mol. The van der Waals surface area contributed by atoms with Crippen molar-refractivity contribution in [2.24, 2.45) is 0 Å². The summed E-state index contributed by atoms with van der Waals surface area (Å²) in [5.74, 6) is 0.825.